The summed E-state index contributed by atoms with van der Waals surface area (Å²) in [7, 11) is 0. The Labute approximate surface area is 357 Å². The minimum absolute atomic E-state index is 0.340. The van der Waals surface area contributed by atoms with E-state index in [0.717, 1.165) is 73.7 Å². The molecule has 0 N–H and O–H groups in total. The van der Waals surface area contributed by atoms with Crippen LogP contribution in [0.1, 0.15) is 37.7 Å². The van der Waals surface area contributed by atoms with Gasteiger partial charge >= 0.3 is 0 Å². The van der Waals surface area contributed by atoms with Gasteiger partial charge in [0.1, 0.15) is 11.2 Å². The first kappa shape index (κ1) is 35.0. The number of fused-ring (bicyclic) bond motifs is 4. The third-order valence-electron chi connectivity index (χ3n) is 15.5. The maximum Gasteiger partial charge on any atom is 0.137 e. The Bertz CT molecular complexity index is 3080. The molecule has 0 aliphatic heterocycles. The Kier molecular flexibility index (Phi) is 7.64. The van der Waals surface area contributed by atoms with E-state index in [9.17, 15) is 0 Å². The molecular formula is C58H46N2O. The van der Waals surface area contributed by atoms with Crippen molar-refractivity contribution in [3.63, 3.8) is 0 Å². The molecular weight excluding hydrogens is 741 g/mol. The summed E-state index contributed by atoms with van der Waals surface area (Å²) in [5, 5.41) is 2.26. The molecule has 1 heterocycles. The summed E-state index contributed by atoms with van der Waals surface area (Å²) in [6, 6.07) is 73.0. The second-order valence-corrected chi connectivity index (χ2v) is 18.4. The second kappa shape index (κ2) is 13.3. The molecule has 294 valence electrons. The third-order valence-corrected chi connectivity index (χ3v) is 15.5. The van der Waals surface area contributed by atoms with Gasteiger partial charge in [-0.25, -0.2) is 0 Å². The van der Waals surface area contributed by atoms with Crippen molar-refractivity contribution in [2.75, 3.05) is 9.80 Å². The van der Waals surface area contributed by atoms with Crippen molar-refractivity contribution in [1.82, 2.24) is 0 Å². The molecule has 0 amide bonds. The SMILES string of the molecule is c1ccc(-c2cc(C34CC5CC6CC(C3)C65C4)ccc2N(c2ccccc2)c2ccc(-c3cccc(N(c4ccccc4)c4ccc5c(c4)oc4ccccc45)c3)cc2)cc1. The van der Waals surface area contributed by atoms with Crippen molar-refractivity contribution in [2.24, 2.45) is 23.2 Å². The lowest BCUT2D eigenvalue weighted by atomic mass is 9.38. The highest BCUT2D eigenvalue weighted by atomic mass is 16.3. The molecule has 61 heavy (non-hydrogen) atoms. The van der Waals surface area contributed by atoms with Gasteiger partial charge in [-0.15, -0.1) is 0 Å². The van der Waals surface area contributed by atoms with Crippen LogP contribution in [0, 0.1) is 23.2 Å². The van der Waals surface area contributed by atoms with E-state index in [1.54, 1.807) is 5.56 Å². The monoisotopic (exact) mass is 786 g/mol. The summed E-state index contributed by atoms with van der Waals surface area (Å²) in [6.07, 6.45) is 7.15. The van der Waals surface area contributed by atoms with E-state index in [4.69, 9.17) is 4.42 Å². The lowest BCUT2D eigenvalue weighted by molar-refractivity contribution is -0.175. The number of anilines is 6. The average Bonchev–Trinajstić information content (AvgIpc) is 3.96. The van der Waals surface area contributed by atoms with Crippen molar-refractivity contribution in [3.8, 4) is 22.3 Å². The maximum absolute atomic E-state index is 6.36. The fraction of sp³-hybridized carbons (Fsp3) is 0.172. The molecule has 8 aromatic carbocycles. The van der Waals surface area contributed by atoms with E-state index in [0.29, 0.717) is 10.8 Å². The van der Waals surface area contributed by atoms with Crippen LogP contribution < -0.4 is 9.80 Å². The lowest BCUT2D eigenvalue weighted by Crippen LogP contribution is -2.59. The first-order valence-corrected chi connectivity index (χ1v) is 22.2. The van der Waals surface area contributed by atoms with Crippen molar-refractivity contribution < 1.29 is 4.42 Å². The predicted octanol–water partition coefficient (Wildman–Crippen LogP) is 15.9. The van der Waals surface area contributed by atoms with Gasteiger partial charge in [-0.3, -0.25) is 0 Å². The van der Waals surface area contributed by atoms with Crippen LogP contribution in [0.5, 0.6) is 0 Å². The van der Waals surface area contributed by atoms with Crippen LogP contribution in [0.25, 0.3) is 44.2 Å². The molecule has 4 saturated carbocycles. The normalized spacial score (nSPS) is 23.0. The summed E-state index contributed by atoms with van der Waals surface area (Å²) in [4.78, 5) is 4.78. The van der Waals surface area contributed by atoms with Crippen molar-refractivity contribution in [1.29, 1.82) is 0 Å². The number of hydrogen-bond donors (Lipinski definition) is 0. The Morgan fingerprint density at radius 2 is 1.00 bits per heavy atom. The summed E-state index contributed by atoms with van der Waals surface area (Å²) in [5.74, 6) is 2.93. The molecule has 2 atom stereocenters. The van der Waals surface area contributed by atoms with Gasteiger partial charge in [0.05, 0.1) is 5.69 Å². The maximum atomic E-state index is 6.36. The molecule has 2 unspecified atom stereocenters. The number of nitrogens with zero attached hydrogens (tertiary/aromatic N) is 2. The first-order valence-electron chi connectivity index (χ1n) is 22.2. The van der Waals surface area contributed by atoms with E-state index in [-0.39, 0.29) is 0 Å². The van der Waals surface area contributed by atoms with Gasteiger partial charge in [0.15, 0.2) is 0 Å². The summed E-state index contributed by atoms with van der Waals surface area (Å²) in [6.45, 7) is 0. The molecule has 0 radical (unpaired) electrons. The van der Waals surface area contributed by atoms with Crippen LogP contribution in [-0.2, 0) is 5.41 Å². The molecule has 4 aliphatic carbocycles. The third kappa shape index (κ3) is 5.29. The Morgan fingerprint density at radius 3 is 1.72 bits per heavy atom. The number of hydrogen-bond acceptors (Lipinski definition) is 3. The van der Waals surface area contributed by atoms with Gasteiger partial charge < -0.3 is 14.2 Å². The summed E-state index contributed by atoms with van der Waals surface area (Å²) >= 11 is 0. The summed E-state index contributed by atoms with van der Waals surface area (Å²) < 4.78 is 6.36. The van der Waals surface area contributed by atoms with Crippen LogP contribution >= 0.6 is 0 Å². The minimum atomic E-state index is 0.340. The molecule has 1 aromatic heterocycles. The van der Waals surface area contributed by atoms with Gasteiger partial charge in [0.25, 0.3) is 0 Å². The zero-order chi connectivity index (χ0) is 40.1. The standard InChI is InChI=1S/C58H46N2O/c1-4-13-40(14-5-1)53-34-42(57-36-44-32-43-33-45(37-57)58(43,44)38-57)25-30-54(53)60(47-18-8-3-9-19-47)48-26-23-39(24-27-48)41-15-12-20-49(31-41)59(46-16-6-2-7-17-46)50-28-29-52-51-21-10-11-22-55(51)61-56(52)35-50/h1-31,34-35,43-45H,32-33,36-38H2. The van der Waals surface area contributed by atoms with Gasteiger partial charge in [-0.05, 0) is 162 Å². The predicted molar refractivity (Wildman–Crippen MR) is 252 cm³/mol. The van der Waals surface area contributed by atoms with Gasteiger partial charge in [-0.1, -0.05) is 115 Å². The molecule has 3 nitrogen and oxygen atoms in total. The highest BCUT2D eigenvalue weighted by Crippen LogP contribution is 2.84. The molecule has 13 rings (SSSR count). The molecule has 2 bridgehead atoms. The zero-order valence-electron chi connectivity index (χ0n) is 34.1. The van der Waals surface area contributed by atoms with Gasteiger partial charge in [0, 0.05) is 50.8 Å². The number of para-hydroxylation sites is 3. The lowest BCUT2D eigenvalue weighted by Gasteiger charge is -2.66. The van der Waals surface area contributed by atoms with E-state index < -0.39 is 0 Å². The van der Waals surface area contributed by atoms with Gasteiger partial charge in [0.2, 0.25) is 0 Å². The molecule has 1 spiro atoms. The number of furan rings is 1. The quantitative estimate of drug-likeness (QED) is 0.145. The Morgan fingerprint density at radius 1 is 0.410 bits per heavy atom. The van der Waals surface area contributed by atoms with Crippen LogP contribution in [0.3, 0.4) is 0 Å². The minimum Gasteiger partial charge on any atom is -0.456 e. The topological polar surface area (TPSA) is 19.6 Å². The van der Waals surface area contributed by atoms with E-state index in [1.807, 2.05) is 12.1 Å². The van der Waals surface area contributed by atoms with Crippen molar-refractivity contribution in [2.45, 2.75) is 37.5 Å². The molecule has 4 fully saturated rings. The smallest absolute Gasteiger partial charge is 0.137 e. The highest BCUT2D eigenvalue weighted by molar-refractivity contribution is 6.06. The first-order chi connectivity index (χ1) is 30.1. The average molecular weight is 787 g/mol. The van der Waals surface area contributed by atoms with Gasteiger partial charge in [-0.2, -0.15) is 0 Å². The van der Waals surface area contributed by atoms with E-state index >= 15 is 0 Å². The fourth-order valence-corrected chi connectivity index (χ4v) is 12.8. The van der Waals surface area contributed by atoms with Crippen LogP contribution in [0.4, 0.5) is 34.1 Å². The Hall–Kier alpha value is -6.84. The van der Waals surface area contributed by atoms with Crippen LogP contribution in [0.2, 0.25) is 0 Å². The van der Waals surface area contributed by atoms with Crippen LogP contribution in [0.15, 0.2) is 205 Å². The van der Waals surface area contributed by atoms with E-state index in [1.165, 1.54) is 54.5 Å². The van der Waals surface area contributed by atoms with E-state index in [2.05, 4.69) is 198 Å². The summed E-state index contributed by atoms with van der Waals surface area (Å²) in [5.41, 5.74) is 16.0. The number of rotatable bonds is 9. The molecule has 0 saturated heterocycles. The molecule has 4 aliphatic rings. The Balaban J connectivity index is 0.883. The second-order valence-electron chi connectivity index (χ2n) is 18.4. The zero-order valence-corrected chi connectivity index (χ0v) is 34.1. The van der Waals surface area contributed by atoms with Crippen molar-refractivity contribution >= 4 is 56.1 Å². The number of benzene rings is 8. The van der Waals surface area contributed by atoms with Crippen LogP contribution in [-0.4, -0.2) is 0 Å². The molecule has 9 aromatic rings. The molecule has 3 heteroatoms. The highest BCUT2D eigenvalue weighted by Gasteiger charge is 2.77. The largest absolute Gasteiger partial charge is 0.456 e. The fourth-order valence-electron chi connectivity index (χ4n) is 12.8. The van der Waals surface area contributed by atoms with Crippen molar-refractivity contribution in [3.05, 3.63) is 206 Å².